The van der Waals surface area contributed by atoms with Gasteiger partial charge < -0.3 is 12.4 Å². The fourth-order valence-corrected chi connectivity index (χ4v) is 2.81. The Balaban J connectivity index is 0.00000169. The van der Waals surface area contributed by atoms with Crippen LogP contribution in [0.25, 0.3) is 0 Å². The van der Waals surface area contributed by atoms with Crippen molar-refractivity contribution in [3.05, 3.63) is 96.6 Å². The Kier molecular flexibility index (Phi) is 5.01. The van der Waals surface area contributed by atoms with Crippen LogP contribution in [0, 0.1) is 0 Å². The molecular formula is C19H19ClN4. The third kappa shape index (κ3) is 3.21. The lowest BCUT2D eigenvalue weighted by Gasteiger charge is -2.25. The zero-order valence-electron chi connectivity index (χ0n) is 13.1. The van der Waals surface area contributed by atoms with Gasteiger partial charge in [-0.05, 0) is 24.3 Å². The van der Waals surface area contributed by atoms with Gasteiger partial charge in [0.25, 0.3) is 0 Å². The van der Waals surface area contributed by atoms with Crippen molar-refractivity contribution in [2.75, 3.05) is 10.2 Å². The predicted octanol–water partition coefficient (Wildman–Crippen LogP) is -0.386. The van der Waals surface area contributed by atoms with E-state index < -0.39 is 0 Å². The van der Waals surface area contributed by atoms with Gasteiger partial charge in [0, 0.05) is 5.56 Å². The third-order valence-electron chi connectivity index (χ3n) is 3.95. The van der Waals surface area contributed by atoms with Gasteiger partial charge >= 0.3 is 0 Å². The summed E-state index contributed by atoms with van der Waals surface area (Å²) in [7, 11) is 0. The fourth-order valence-electron chi connectivity index (χ4n) is 2.81. The van der Waals surface area contributed by atoms with Crippen LogP contribution in [0.2, 0.25) is 0 Å². The second kappa shape index (κ2) is 7.36. The minimum absolute atomic E-state index is 0. The number of nitrogens with zero attached hydrogens (tertiary/aromatic N) is 2. The number of anilines is 2. The van der Waals surface area contributed by atoms with Crippen LogP contribution in [-0.2, 0) is 0 Å². The number of para-hydroxylation sites is 2. The fraction of sp³-hybridized carbons (Fsp3) is 0.0526. The lowest BCUT2D eigenvalue weighted by atomic mass is 10.2. The maximum atomic E-state index is 3.58. The Morgan fingerprint density at radius 3 is 1.75 bits per heavy atom. The van der Waals surface area contributed by atoms with Crippen molar-refractivity contribution in [3.8, 4) is 0 Å². The summed E-state index contributed by atoms with van der Waals surface area (Å²) in [6.07, 6.45) is 0.136. The van der Waals surface area contributed by atoms with Crippen molar-refractivity contribution in [3.63, 3.8) is 0 Å². The van der Waals surface area contributed by atoms with Crippen LogP contribution >= 0.6 is 0 Å². The summed E-state index contributed by atoms with van der Waals surface area (Å²) < 4.78 is 0. The molecule has 3 aromatic carbocycles. The summed E-state index contributed by atoms with van der Waals surface area (Å²) in [6, 6.07) is 31.2. The van der Waals surface area contributed by atoms with Gasteiger partial charge in [0.05, 0.1) is 5.69 Å². The first-order chi connectivity index (χ1) is 11.4. The molecule has 0 saturated carbocycles. The smallest absolute Gasteiger partial charge is 0.208 e. The van der Waals surface area contributed by atoms with E-state index in [0.717, 1.165) is 11.4 Å². The molecule has 0 bridgehead atoms. The Morgan fingerprint density at radius 1 is 0.667 bits per heavy atom. The molecule has 4 nitrogen and oxygen atoms in total. The lowest BCUT2D eigenvalue weighted by Crippen LogP contribution is -3.00. The van der Waals surface area contributed by atoms with Crippen molar-refractivity contribution >= 4 is 11.4 Å². The van der Waals surface area contributed by atoms with E-state index in [-0.39, 0.29) is 18.6 Å². The van der Waals surface area contributed by atoms with Crippen molar-refractivity contribution in [1.82, 2.24) is 5.43 Å². The third-order valence-corrected chi connectivity index (χ3v) is 3.95. The molecule has 3 N–H and O–H groups in total. The second-order valence-electron chi connectivity index (χ2n) is 5.49. The first-order valence-corrected chi connectivity index (χ1v) is 7.77. The molecule has 3 aromatic rings. The first-order valence-electron chi connectivity index (χ1n) is 7.77. The molecule has 4 rings (SSSR count). The molecule has 0 radical (unpaired) electrons. The molecule has 0 amide bonds. The van der Waals surface area contributed by atoms with Crippen LogP contribution < -0.4 is 33.5 Å². The molecule has 1 saturated heterocycles. The average molecular weight is 339 g/mol. The maximum absolute atomic E-state index is 3.58. The molecule has 0 spiro atoms. The molecule has 1 atom stereocenters. The quantitative estimate of drug-likeness (QED) is 0.639. The van der Waals surface area contributed by atoms with Crippen LogP contribution in [-0.4, -0.2) is 0 Å². The topological polar surface area (TPSA) is 35.1 Å². The van der Waals surface area contributed by atoms with Gasteiger partial charge in [0.1, 0.15) is 5.69 Å². The minimum atomic E-state index is 0. The number of hydrogen-bond donors (Lipinski definition) is 2. The van der Waals surface area contributed by atoms with E-state index in [1.54, 1.807) is 0 Å². The number of nitrogens with two attached hydrogens (primary N) is 1. The van der Waals surface area contributed by atoms with Gasteiger partial charge in [-0.1, -0.05) is 66.7 Å². The minimum Gasteiger partial charge on any atom is -1.00 e. The molecule has 1 aliphatic rings. The normalized spacial score (nSPS) is 16.8. The Bertz CT molecular complexity index is 705. The molecular weight excluding hydrogens is 320 g/mol. The standard InChI is InChI=1S/C19H18N4.ClH/c1-4-10-16(11-5-1)19-20-22(17-12-6-2-7-13-17)23(21-19)18-14-8-3-9-15-18;/h1-15,19-21H;1H. The van der Waals surface area contributed by atoms with E-state index in [1.165, 1.54) is 5.56 Å². The molecule has 0 aromatic heterocycles. The molecule has 5 heteroatoms. The molecule has 1 fully saturated rings. The van der Waals surface area contributed by atoms with E-state index in [2.05, 4.69) is 93.9 Å². The largest absolute Gasteiger partial charge is 1.00 e. The number of halogens is 1. The Hall–Kier alpha value is -2.53. The summed E-state index contributed by atoms with van der Waals surface area (Å²) in [5.74, 6) is 0. The maximum Gasteiger partial charge on any atom is 0.208 e. The predicted molar refractivity (Wildman–Crippen MR) is 92.1 cm³/mol. The number of hydrogen-bond acceptors (Lipinski definition) is 3. The van der Waals surface area contributed by atoms with Crippen LogP contribution in [0.1, 0.15) is 11.7 Å². The van der Waals surface area contributed by atoms with Gasteiger partial charge in [0.2, 0.25) is 6.17 Å². The summed E-state index contributed by atoms with van der Waals surface area (Å²) >= 11 is 0. The van der Waals surface area contributed by atoms with Gasteiger partial charge in [-0.25, -0.2) is 5.43 Å². The van der Waals surface area contributed by atoms with Gasteiger partial charge in [-0.3, -0.25) is 0 Å². The highest BCUT2D eigenvalue weighted by atomic mass is 35.5. The SMILES string of the molecule is [Cl-].c1ccc(C2NN(c3ccccc3)N(c3ccccc3)[NH2+]2)cc1. The van der Waals surface area contributed by atoms with Crippen molar-refractivity contribution in [1.29, 1.82) is 0 Å². The summed E-state index contributed by atoms with van der Waals surface area (Å²) in [6.45, 7) is 0. The highest BCUT2D eigenvalue weighted by Gasteiger charge is 2.34. The summed E-state index contributed by atoms with van der Waals surface area (Å²) in [5, 5.41) is 4.25. The molecule has 1 aliphatic heterocycles. The Labute approximate surface area is 148 Å². The highest BCUT2D eigenvalue weighted by Crippen LogP contribution is 2.22. The zero-order chi connectivity index (χ0) is 15.5. The molecule has 1 heterocycles. The number of rotatable bonds is 3. The van der Waals surface area contributed by atoms with E-state index in [1.807, 2.05) is 18.2 Å². The van der Waals surface area contributed by atoms with Crippen LogP contribution in [0.5, 0.6) is 0 Å². The lowest BCUT2D eigenvalue weighted by molar-refractivity contribution is -0.691. The first kappa shape index (κ1) is 16.3. The van der Waals surface area contributed by atoms with Gasteiger partial charge in [0.15, 0.2) is 0 Å². The van der Waals surface area contributed by atoms with E-state index in [9.17, 15) is 0 Å². The second-order valence-corrected chi connectivity index (χ2v) is 5.49. The summed E-state index contributed by atoms with van der Waals surface area (Å²) in [5.41, 5.74) is 9.25. The monoisotopic (exact) mass is 338 g/mol. The molecule has 0 aliphatic carbocycles. The van der Waals surface area contributed by atoms with Crippen molar-refractivity contribution in [2.45, 2.75) is 6.17 Å². The summed E-state index contributed by atoms with van der Waals surface area (Å²) in [4.78, 5) is 0. The van der Waals surface area contributed by atoms with Crippen LogP contribution in [0.15, 0.2) is 91.0 Å². The van der Waals surface area contributed by atoms with Gasteiger partial charge in [-0.2, -0.15) is 10.5 Å². The number of nitrogens with one attached hydrogen (secondary N) is 1. The zero-order valence-corrected chi connectivity index (χ0v) is 13.8. The number of hydrazine groups is 2. The van der Waals surface area contributed by atoms with Crippen molar-refractivity contribution < 1.29 is 17.8 Å². The van der Waals surface area contributed by atoms with E-state index in [0.29, 0.717) is 0 Å². The van der Waals surface area contributed by atoms with Crippen LogP contribution in [0.3, 0.4) is 0 Å². The van der Waals surface area contributed by atoms with E-state index >= 15 is 0 Å². The molecule has 1 unspecified atom stereocenters. The van der Waals surface area contributed by atoms with Crippen molar-refractivity contribution in [2.24, 2.45) is 0 Å². The van der Waals surface area contributed by atoms with E-state index in [4.69, 9.17) is 0 Å². The highest BCUT2D eigenvalue weighted by molar-refractivity contribution is 5.55. The molecule has 122 valence electrons. The average Bonchev–Trinajstić information content (AvgIpc) is 3.09. The number of quaternary nitrogens is 1. The van der Waals surface area contributed by atoms with Gasteiger partial charge in [-0.15, -0.1) is 5.12 Å². The Morgan fingerprint density at radius 2 is 1.17 bits per heavy atom. The number of benzene rings is 3. The van der Waals surface area contributed by atoms with Crippen LogP contribution in [0.4, 0.5) is 11.4 Å². The molecule has 24 heavy (non-hydrogen) atoms.